The van der Waals surface area contributed by atoms with Gasteiger partial charge in [0.25, 0.3) is 5.69 Å². The Hall–Kier alpha value is -1.47. The van der Waals surface area contributed by atoms with Crippen LogP contribution in [0.2, 0.25) is 0 Å². The first-order chi connectivity index (χ1) is 8.98. The van der Waals surface area contributed by atoms with Crippen molar-refractivity contribution in [1.82, 2.24) is 4.72 Å². The van der Waals surface area contributed by atoms with Gasteiger partial charge in [-0.05, 0) is 12.3 Å². The van der Waals surface area contributed by atoms with Gasteiger partial charge in [0.2, 0.25) is 10.0 Å². The molecule has 0 atom stereocenters. The highest BCUT2D eigenvalue weighted by atomic mass is 32.2. The highest BCUT2D eigenvalue weighted by molar-refractivity contribution is 7.88. The molecule has 104 valence electrons. The first-order valence-corrected chi connectivity index (χ1v) is 7.83. The largest absolute Gasteiger partial charge is 0.273 e. The van der Waals surface area contributed by atoms with Crippen LogP contribution in [-0.2, 0) is 15.8 Å². The van der Waals surface area contributed by atoms with E-state index in [1.54, 1.807) is 6.07 Å². The molecule has 1 aliphatic carbocycles. The molecule has 0 aromatic heterocycles. The van der Waals surface area contributed by atoms with Crippen LogP contribution in [0.4, 0.5) is 5.69 Å². The van der Waals surface area contributed by atoms with Gasteiger partial charge in [0.15, 0.2) is 0 Å². The second-order valence-corrected chi connectivity index (χ2v) is 6.58. The lowest BCUT2D eigenvalue weighted by Gasteiger charge is -2.06. The molecule has 0 aliphatic heterocycles. The molecule has 6 nitrogen and oxygen atoms in total. The van der Waals surface area contributed by atoms with E-state index in [0.29, 0.717) is 12.5 Å². The van der Waals surface area contributed by atoms with Crippen molar-refractivity contribution in [2.75, 3.05) is 6.54 Å². The maximum atomic E-state index is 11.8. The summed E-state index contributed by atoms with van der Waals surface area (Å²) >= 11 is 0. The molecular weight excluding hydrogens is 268 g/mol. The molecule has 1 fully saturated rings. The third-order valence-electron chi connectivity index (χ3n) is 3.11. The second kappa shape index (κ2) is 5.66. The average Bonchev–Trinajstić information content (AvgIpc) is 3.12. The van der Waals surface area contributed by atoms with Crippen molar-refractivity contribution in [2.24, 2.45) is 5.92 Å². The molecule has 0 heterocycles. The minimum Gasteiger partial charge on any atom is -0.258 e. The van der Waals surface area contributed by atoms with E-state index < -0.39 is 14.9 Å². The van der Waals surface area contributed by atoms with Crippen LogP contribution in [0.25, 0.3) is 0 Å². The predicted molar refractivity (Wildman–Crippen MR) is 71.1 cm³/mol. The van der Waals surface area contributed by atoms with Crippen LogP contribution in [0.1, 0.15) is 24.8 Å². The Morgan fingerprint density at radius 3 is 2.63 bits per heavy atom. The molecule has 0 radical (unpaired) electrons. The number of nitrogens with one attached hydrogen (secondary N) is 1. The molecule has 0 saturated heterocycles. The van der Waals surface area contributed by atoms with Gasteiger partial charge < -0.3 is 0 Å². The fourth-order valence-electron chi connectivity index (χ4n) is 1.89. The van der Waals surface area contributed by atoms with Crippen molar-refractivity contribution in [2.45, 2.75) is 25.0 Å². The summed E-state index contributed by atoms with van der Waals surface area (Å²) in [4.78, 5) is 10.2. The van der Waals surface area contributed by atoms with E-state index in [2.05, 4.69) is 4.72 Å². The number of rotatable bonds is 7. The monoisotopic (exact) mass is 284 g/mol. The predicted octanol–water partition coefficient (Wildman–Crippen LogP) is 1.81. The van der Waals surface area contributed by atoms with E-state index >= 15 is 0 Å². The van der Waals surface area contributed by atoms with Gasteiger partial charge in [-0.15, -0.1) is 0 Å². The normalized spacial score (nSPS) is 15.4. The van der Waals surface area contributed by atoms with Crippen molar-refractivity contribution >= 4 is 15.7 Å². The Labute approximate surface area is 112 Å². The highest BCUT2D eigenvalue weighted by Gasteiger charge is 2.23. The summed E-state index contributed by atoms with van der Waals surface area (Å²) in [5, 5.41) is 10.8. The Morgan fingerprint density at radius 1 is 1.32 bits per heavy atom. The summed E-state index contributed by atoms with van der Waals surface area (Å²) in [6.07, 6.45) is 3.19. The highest BCUT2D eigenvalue weighted by Crippen LogP contribution is 2.31. The number of hydrogen-bond acceptors (Lipinski definition) is 4. The van der Waals surface area contributed by atoms with E-state index in [0.717, 1.165) is 6.42 Å². The number of nitro benzene ring substituents is 1. The van der Waals surface area contributed by atoms with Gasteiger partial charge in [-0.1, -0.05) is 31.0 Å². The molecular formula is C12H16N2O4S. The van der Waals surface area contributed by atoms with Crippen LogP contribution in [0.3, 0.4) is 0 Å². The molecule has 0 bridgehead atoms. The maximum Gasteiger partial charge on any atom is 0.273 e. The Bertz CT molecular complexity index is 567. The number of nitro groups is 1. The lowest BCUT2D eigenvalue weighted by Crippen LogP contribution is -2.26. The number of benzene rings is 1. The van der Waals surface area contributed by atoms with Gasteiger partial charge in [0, 0.05) is 18.2 Å². The minimum absolute atomic E-state index is 0.157. The first kappa shape index (κ1) is 14.0. The molecule has 1 aliphatic rings. The van der Waals surface area contributed by atoms with E-state index in [1.807, 2.05) is 0 Å². The molecule has 0 unspecified atom stereocenters. The molecule has 0 spiro atoms. The lowest BCUT2D eigenvalue weighted by atomic mass is 10.2. The third-order valence-corrected chi connectivity index (χ3v) is 4.44. The number of para-hydroxylation sites is 1. The smallest absolute Gasteiger partial charge is 0.258 e. The summed E-state index contributed by atoms with van der Waals surface area (Å²) in [5.41, 5.74) is 0.0569. The van der Waals surface area contributed by atoms with Crippen molar-refractivity contribution in [3.63, 3.8) is 0 Å². The Morgan fingerprint density at radius 2 is 2.00 bits per heavy atom. The molecule has 7 heteroatoms. The van der Waals surface area contributed by atoms with Crippen molar-refractivity contribution in [3.05, 3.63) is 39.9 Å². The summed E-state index contributed by atoms with van der Waals surface area (Å²) < 4.78 is 26.2. The molecule has 2 rings (SSSR count). The van der Waals surface area contributed by atoms with Gasteiger partial charge in [-0.25, -0.2) is 13.1 Å². The lowest BCUT2D eigenvalue weighted by molar-refractivity contribution is -0.385. The summed E-state index contributed by atoms with van der Waals surface area (Å²) in [6.45, 7) is 0.410. The fraction of sp³-hybridized carbons (Fsp3) is 0.500. The van der Waals surface area contributed by atoms with Crippen LogP contribution < -0.4 is 4.72 Å². The fourth-order valence-corrected chi connectivity index (χ4v) is 3.08. The Kier molecular flexibility index (Phi) is 4.16. The van der Waals surface area contributed by atoms with E-state index in [4.69, 9.17) is 0 Å². The van der Waals surface area contributed by atoms with Gasteiger partial charge >= 0.3 is 0 Å². The van der Waals surface area contributed by atoms with E-state index in [9.17, 15) is 18.5 Å². The quantitative estimate of drug-likeness (QED) is 0.611. The average molecular weight is 284 g/mol. The zero-order valence-corrected chi connectivity index (χ0v) is 11.2. The molecule has 0 amide bonds. The maximum absolute atomic E-state index is 11.8. The third kappa shape index (κ3) is 4.29. The van der Waals surface area contributed by atoms with Crippen molar-refractivity contribution < 1.29 is 13.3 Å². The van der Waals surface area contributed by atoms with Crippen LogP contribution in [-0.4, -0.2) is 19.9 Å². The van der Waals surface area contributed by atoms with E-state index in [-0.39, 0.29) is 17.0 Å². The summed E-state index contributed by atoms with van der Waals surface area (Å²) in [5.74, 6) is 0.295. The van der Waals surface area contributed by atoms with Crippen LogP contribution in [0.5, 0.6) is 0 Å². The van der Waals surface area contributed by atoms with Gasteiger partial charge in [-0.3, -0.25) is 10.1 Å². The molecule has 19 heavy (non-hydrogen) atoms. The zero-order valence-electron chi connectivity index (χ0n) is 10.4. The summed E-state index contributed by atoms with van der Waals surface area (Å²) in [6, 6.07) is 5.91. The standard InChI is InChI=1S/C12H16N2O4S/c15-14(16)12-4-2-1-3-11(12)9-19(17,18)13-8-7-10-5-6-10/h1-4,10,13H,5-9H2. The van der Waals surface area contributed by atoms with Crippen molar-refractivity contribution in [3.8, 4) is 0 Å². The zero-order chi connectivity index (χ0) is 13.9. The number of nitrogens with zero attached hydrogens (tertiary/aromatic N) is 1. The van der Waals surface area contributed by atoms with Gasteiger partial charge in [0.05, 0.1) is 10.7 Å². The molecule has 1 saturated carbocycles. The summed E-state index contributed by atoms with van der Waals surface area (Å²) in [7, 11) is -3.51. The number of hydrogen-bond donors (Lipinski definition) is 1. The first-order valence-electron chi connectivity index (χ1n) is 6.17. The van der Waals surface area contributed by atoms with Gasteiger partial charge in [0.1, 0.15) is 0 Å². The second-order valence-electron chi connectivity index (χ2n) is 4.77. The molecule has 1 aromatic carbocycles. The van der Waals surface area contributed by atoms with Crippen LogP contribution >= 0.6 is 0 Å². The van der Waals surface area contributed by atoms with Crippen LogP contribution in [0.15, 0.2) is 24.3 Å². The Balaban J connectivity index is 2.00. The van der Waals surface area contributed by atoms with Gasteiger partial charge in [-0.2, -0.15) is 0 Å². The number of sulfonamides is 1. The minimum atomic E-state index is -3.51. The van der Waals surface area contributed by atoms with Crippen molar-refractivity contribution in [1.29, 1.82) is 0 Å². The van der Waals surface area contributed by atoms with Crippen LogP contribution in [0, 0.1) is 16.0 Å². The van der Waals surface area contributed by atoms with E-state index in [1.165, 1.54) is 31.0 Å². The molecule has 1 aromatic rings. The topological polar surface area (TPSA) is 89.3 Å². The molecule has 1 N–H and O–H groups in total. The SMILES string of the molecule is O=[N+]([O-])c1ccccc1CS(=O)(=O)NCCC1CC1.